The van der Waals surface area contributed by atoms with Crippen molar-refractivity contribution in [3.8, 4) is 0 Å². The topological polar surface area (TPSA) is 65.5 Å². The summed E-state index contributed by atoms with van der Waals surface area (Å²) in [5.41, 5.74) is 13.4. The number of benzene rings is 2. The van der Waals surface area contributed by atoms with Gasteiger partial charge in [0.25, 0.3) is 0 Å². The zero-order chi connectivity index (χ0) is 29.0. The number of ether oxygens (including phenoxy) is 2. The molecule has 2 aromatic carbocycles. The predicted octanol–water partition coefficient (Wildman–Crippen LogP) is 6.73. The van der Waals surface area contributed by atoms with Crippen molar-refractivity contribution in [2.75, 3.05) is 32.2 Å². The van der Waals surface area contributed by atoms with Crippen LogP contribution in [0, 0.1) is 6.92 Å². The molecule has 1 saturated carbocycles. The Balaban J connectivity index is 1.65. The first-order chi connectivity index (χ1) is 19.2. The van der Waals surface area contributed by atoms with Crippen LogP contribution in [0.3, 0.4) is 0 Å². The molecule has 2 N–H and O–H groups in total. The third-order valence-corrected chi connectivity index (χ3v) is 8.71. The van der Waals surface area contributed by atoms with Crippen molar-refractivity contribution in [1.82, 2.24) is 9.78 Å². The molecular formula is C34H50N4O2. The Labute approximate surface area is 241 Å². The standard InChI is InChI=1S/C34H50N4O2/c1-9-25(18-19-35)38-22-28(33(36-38)34(4,5)6)30-31(39-7)29(32(30)40-8)27-17-16-26(20-23(27)3)37(10-2)21-24-14-12-11-13-15-24/h11-17,20,22,25,29-32H,9-10,18-19,21,35H2,1-8H3. The lowest BCUT2D eigenvalue weighted by atomic mass is 9.61. The number of aromatic nitrogens is 2. The number of anilines is 1. The first-order valence-corrected chi connectivity index (χ1v) is 14.9. The summed E-state index contributed by atoms with van der Waals surface area (Å²) >= 11 is 0. The SMILES string of the molecule is CCC(CCN)n1cc(C2C(OC)C(c3ccc(N(CC)Cc4ccccc4)cc3C)C2OC)c(C(C)(C)C)n1. The predicted molar refractivity (Wildman–Crippen MR) is 165 cm³/mol. The molecule has 1 heterocycles. The monoisotopic (exact) mass is 546 g/mol. The van der Waals surface area contributed by atoms with Crippen LogP contribution >= 0.6 is 0 Å². The van der Waals surface area contributed by atoms with Gasteiger partial charge in [-0.1, -0.05) is 64.1 Å². The third-order valence-electron chi connectivity index (χ3n) is 8.71. The van der Waals surface area contributed by atoms with Crippen LogP contribution in [0.2, 0.25) is 0 Å². The molecule has 1 aromatic heterocycles. The number of nitrogens with two attached hydrogens (primary N) is 1. The van der Waals surface area contributed by atoms with Crippen LogP contribution in [0.4, 0.5) is 5.69 Å². The fourth-order valence-electron chi connectivity index (χ4n) is 6.53. The molecule has 3 atom stereocenters. The van der Waals surface area contributed by atoms with Crippen LogP contribution in [0.15, 0.2) is 54.7 Å². The molecule has 1 fully saturated rings. The van der Waals surface area contributed by atoms with Gasteiger partial charge in [-0.25, -0.2) is 0 Å². The van der Waals surface area contributed by atoms with Crippen molar-refractivity contribution < 1.29 is 9.47 Å². The van der Waals surface area contributed by atoms with E-state index in [0.717, 1.165) is 31.6 Å². The molecule has 0 radical (unpaired) electrons. The van der Waals surface area contributed by atoms with E-state index in [1.165, 1.54) is 27.9 Å². The summed E-state index contributed by atoms with van der Waals surface area (Å²) in [5, 5.41) is 5.15. The van der Waals surface area contributed by atoms with Crippen molar-refractivity contribution in [3.63, 3.8) is 0 Å². The molecular weight excluding hydrogens is 496 g/mol. The summed E-state index contributed by atoms with van der Waals surface area (Å²) in [7, 11) is 3.67. The van der Waals surface area contributed by atoms with E-state index in [2.05, 4.69) is 106 Å². The van der Waals surface area contributed by atoms with Gasteiger partial charge < -0.3 is 20.1 Å². The van der Waals surface area contributed by atoms with Gasteiger partial charge in [0.05, 0.1) is 23.9 Å². The van der Waals surface area contributed by atoms with Gasteiger partial charge in [0.15, 0.2) is 0 Å². The molecule has 40 heavy (non-hydrogen) atoms. The highest BCUT2D eigenvalue weighted by Gasteiger charge is 2.55. The summed E-state index contributed by atoms with van der Waals surface area (Å²) in [6.07, 6.45) is 4.19. The second-order valence-corrected chi connectivity index (χ2v) is 12.3. The maximum Gasteiger partial charge on any atom is 0.0759 e. The first kappa shape index (κ1) is 30.3. The molecule has 6 heteroatoms. The molecule has 4 rings (SSSR count). The average Bonchev–Trinajstić information content (AvgIpc) is 3.37. The Morgan fingerprint density at radius 3 is 2.15 bits per heavy atom. The van der Waals surface area contributed by atoms with Gasteiger partial charge in [0, 0.05) is 62.0 Å². The molecule has 0 saturated heterocycles. The summed E-state index contributed by atoms with van der Waals surface area (Å²) in [6, 6.07) is 17.8. The number of rotatable bonds is 12. The minimum atomic E-state index is -0.0941. The van der Waals surface area contributed by atoms with Gasteiger partial charge in [0.2, 0.25) is 0 Å². The summed E-state index contributed by atoms with van der Waals surface area (Å²) < 4.78 is 14.7. The average molecular weight is 547 g/mol. The van der Waals surface area contributed by atoms with Crippen LogP contribution in [-0.2, 0) is 21.4 Å². The fraction of sp³-hybridized carbons (Fsp3) is 0.559. The quantitative estimate of drug-likeness (QED) is 0.273. The Hall–Kier alpha value is -2.67. The van der Waals surface area contributed by atoms with E-state index in [-0.39, 0.29) is 29.5 Å². The molecule has 0 spiro atoms. The van der Waals surface area contributed by atoms with Gasteiger partial charge in [0.1, 0.15) is 0 Å². The molecule has 3 unspecified atom stereocenters. The minimum Gasteiger partial charge on any atom is -0.380 e. The van der Waals surface area contributed by atoms with Gasteiger partial charge in [-0.15, -0.1) is 0 Å². The Morgan fingerprint density at radius 1 is 0.975 bits per heavy atom. The van der Waals surface area contributed by atoms with Gasteiger partial charge in [-0.05, 0) is 62.1 Å². The lowest BCUT2D eigenvalue weighted by Gasteiger charge is -2.51. The highest BCUT2D eigenvalue weighted by atomic mass is 16.5. The molecule has 1 aliphatic rings. The second-order valence-electron chi connectivity index (χ2n) is 12.3. The van der Waals surface area contributed by atoms with Crippen LogP contribution in [0.1, 0.15) is 93.3 Å². The number of hydrogen-bond acceptors (Lipinski definition) is 5. The number of methoxy groups -OCH3 is 2. The van der Waals surface area contributed by atoms with Gasteiger partial charge in [-0.3, -0.25) is 4.68 Å². The van der Waals surface area contributed by atoms with E-state index in [1.54, 1.807) is 0 Å². The zero-order valence-electron chi connectivity index (χ0n) is 25.9. The molecule has 1 aliphatic carbocycles. The highest BCUT2D eigenvalue weighted by Crippen LogP contribution is 2.53. The van der Waals surface area contributed by atoms with E-state index in [1.807, 2.05) is 14.2 Å². The van der Waals surface area contributed by atoms with E-state index in [4.69, 9.17) is 20.3 Å². The minimum absolute atomic E-state index is 0.00873. The summed E-state index contributed by atoms with van der Waals surface area (Å²) in [5.74, 6) is 0.267. The molecule has 218 valence electrons. The van der Waals surface area contributed by atoms with E-state index in [9.17, 15) is 0 Å². The lowest BCUT2D eigenvalue weighted by molar-refractivity contribution is -0.116. The molecule has 6 nitrogen and oxygen atoms in total. The number of hydrogen-bond donors (Lipinski definition) is 1. The zero-order valence-corrected chi connectivity index (χ0v) is 25.9. The van der Waals surface area contributed by atoms with Crippen LogP contribution in [-0.4, -0.2) is 49.3 Å². The lowest BCUT2D eigenvalue weighted by Crippen LogP contribution is -2.54. The summed E-state index contributed by atoms with van der Waals surface area (Å²) in [6.45, 7) is 15.9. The number of aryl methyl sites for hydroxylation is 1. The maximum atomic E-state index is 6.25. The van der Waals surface area contributed by atoms with Crippen LogP contribution < -0.4 is 10.6 Å². The van der Waals surface area contributed by atoms with Crippen LogP contribution in [0.25, 0.3) is 0 Å². The highest BCUT2D eigenvalue weighted by molar-refractivity contribution is 5.53. The van der Waals surface area contributed by atoms with Crippen molar-refractivity contribution in [2.45, 2.75) is 96.4 Å². The number of nitrogens with zero attached hydrogens (tertiary/aromatic N) is 3. The fourth-order valence-corrected chi connectivity index (χ4v) is 6.53. The van der Waals surface area contributed by atoms with Crippen molar-refractivity contribution in [2.24, 2.45) is 5.73 Å². The largest absolute Gasteiger partial charge is 0.380 e. The second kappa shape index (κ2) is 12.9. The van der Waals surface area contributed by atoms with E-state index >= 15 is 0 Å². The molecule has 3 aromatic rings. The first-order valence-electron chi connectivity index (χ1n) is 14.9. The van der Waals surface area contributed by atoms with Gasteiger partial charge in [-0.2, -0.15) is 5.10 Å². The Bertz CT molecular complexity index is 1220. The molecule has 0 aliphatic heterocycles. The summed E-state index contributed by atoms with van der Waals surface area (Å²) in [4.78, 5) is 2.42. The third kappa shape index (κ3) is 6.00. The smallest absolute Gasteiger partial charge is 0.0759 e. The maximum absolute atomic E-state index is 6.25. The normalized spacial score (nSPS) is 21.7. The van der Waals surface area contributed by atoms with E-state index < -0.39 is 0 Å². The van der Waals surface area contributed by atoms with E-state index in [0.29, 0.717) is 12.6 Å². The Kier molecular flexibility index (Phi) is 9.76. The molecule has 0 amide bonds. The van der Waals surface area contributed by atoms with Gasteiger partial charge >= 0.3 is 0 Å². The van der Waals surface area contributed by atoms with Crippen molar-refractivity contribution in [1.29, 1.82) is 0 Å². The van der Waals surface area contributed by atoms with Crippen LogP contribution in [0.5, 0.6) is 0 Å². The molecule has 0 bridgehead atoms. The van der Waals surface area contributed by atoms with Crippen molar-refractivity contribution >= 4 is 5.69 Å². The Morgan fingerprint density at radius 2 is 1.62 bits per heavy atom. The van der Waals surface area contributed by atoms with Crippen molar-refractivity contribution in [3.05, 3.63) is 82.7 Å².